The van der Waals surface area contributed by atoms with Crippen molar-refractivity contribution in [2.75, 3.05) is 19.0 Å². The largest absolute Gasteiger partial charge is 0.363 e. The third-order valence-corrected chi connectivity index (χ3v) is 5.36. The Labute approximate surface area is 150 Å². The molecule has 2 aromatic heterocycles. The van der Waals surface area contributed by atoms with E-state index in [1.165, 1.54) is 16.3 Å². The first kappa shape index (κ1) is 18.9. The molecule has 0 saturated carbocycles. The highest BCUT2D eigenvalue weighted by molar-refractivity contribution is 7.11. The Hall–Kier alpha value is -1.40. The van der Waals surface area contributed by atoms with Gasteiger partial charge in [-0.3, -0.25) is 0 Å². The number of aromatic nitrogens is 3. The number of hydrogen-bond acceptors (Lipinski definition) is 5. The van der Waals surface area contributed by atoms with Crippen LogP contribution in [-0.2, 0) is 13.1 Å². The number of nitrogens with zero attached hydrogens (tertiary/aromatic N) is 4. The smallest absolute Gasteiger partial charge is 0.131 e. The minimum absolute atomic E-state index is 0.291. The lowest BCUT2D eigenvalue weighted by Crippen LogP contribution is -2.22. The highest BCUT2D eigenvalue weighted by Gasteiger charge is 2.19. The van der Waals surface area contributed by atoms with Gasteiger partial charge >= 0.3 is 0 Å². The summed E-state index contributed by atoms with van der Waals surface area (Å²) in [6, 6.07) is 0.291. The molecule has 5 nitrogen and oxygen atoms in total. The van der Waals surface area contributed by atoms with Crippen LogP contribution in [0.4, 0.5) is 5.82 Å². The van der Waals surface area contributed by atoms with Crippen LogP contribution < -0.4 is 10.2 Å². The number of rotatable bonds is 7. The maximum atomic E-state index is 4.77. The van der Waals surface area contributed by atoms with Crippen LogP contribution in [0.5, 0.6) is 0 Å². The molecule has 0 fully saturated rings. The highest BCUT2D eigenvalue weighted by atomic mass is 32.1. The van der Waals surface area contributed by atoms with Crippen molar-refractivity contribution in [1.29, 1.82) is 0 Å². The highest BCUT2D eigenvalue weighted by Crippen LogP contribution is 2.27. The van der Waals surface area contributed by atoms with Gasteiger partial charge in [0.15, 0.2) is 0 Å². The number of nitrogens with one attached hydrogen (secondary N) is 1. The van der Waals surface area contributed by atoms with Crippen molar-refractivity contribution in [3.63, 3.8) is 0 Å². The van der Waals surface area contributed by atoms with Crippen LogP contribution in [0.3, 0.4) is 0 Å². The van der Waals surface area contributed by atoms with E-state index in [1.54, 1.807) is 11.3 Å². The van der Waals surface area contributed by atoms with Crippen molar-refractivity contribution >= 4 is 17.2 Å². The maximum absolute atomic E-state index is 4.77. The molecular weight excluding hydrogens is 318 g/mol. The predicted octanol–water partition coefficient (Wildman–Crippen LogP) is 3.84. The van der Waals surface area contributed by atoms with E-state index in [-0.39, 0.29) is 0 Å². The molecule has 6 heteroatoms. The second kappa shape index (κ2) is 7.66. The molecule has 0 saturated heterocycles. The number of hydrogen-bond donors (Lipinski definition) is 1. The fraction of sp³-hybridized carbons (Fsp3) is 0.667. The van der Waals surface area contributed by atoms with Gasteiger partial charge in [-0.05, 0) is 33.6 Å². The Bertz CT molecular complexity index is 684. The Balaban J connectivity index is 2.20. The van der Waals surface area contributed by atoms with Crippen LogP contribution in [-0.4, -0.2) is 28.9 Å². The topological polar surface area (TPSA) is 46.0 Å². The molecule has 1 atom stereocenters. The summed E-state index contributed by atoms with van der Waals surface area (Å²) in [5.74, 6) is 1.78. The first-order valence-corrected chi connectivity index (χ1v) is 9.43. The lowest BCUT2D eigenvalue weighted by Gasteiger charge is -2.20. The van der Waals surface area contributed by atoms with E-state index in [4.69, 9.17) is 5.10 Å². The van der Waals surface area contributed by atoms with Gasteiger partial charge in [0, 0.05) is 43.7 Å². The van der Waals surface area contributed by atoms with E-state index in [0.717, 1.165) is 29.5 Å². The Morgan fingerprint density at radius 1 is 1.12 bits per heavy atom. The van der Waals surface area contributed by atoms with Gasteiger partial charge in [-0.25, -0.2) is 9.67 Å². The summed E-state index contributed by atoms with van der Waals surface area (Å²) < 4.78 is 2.14. The van der Waals surface area contributed by atoms with Gasteiger partial charge in [-0.2, -0.15) is 5.10 Å². The third kappa shape index (κ3) is 4.16. The van der Waals surface area contributed by atoms with Crippen molar-refractivity contribution in [2.24, 2.45) is 5.92 Å². The number of anilines is 1. The van der Waals surface area contributed by atoms with Crippen molar-refractivity contribution < 1.29 is 0 Å². The van der Waals surface area contributed by atoms with Gasteiger partial charge in [0.05, 0.1) is 16.4 Å². The van der Waals surface area contributed by atoms with Crippen molar-refractivity contribution in [1.82, 2.24) is 20.1 Å². The number of aryl methyl sites for hydroxylation is 3. The van der Waals surface area contributed by atoms with Crippen molar-refractivity contribution in [3.8, 4) is 0 Å². The van der Waals surface area contributed by atoms with Gasteiger partial charge in [-0.15, -0.1) is 11.3 Å². The van der Waals surface area contributed by atoms with Crippen LogP contribution >= 0.6 is 11.3 Å². The summed E-state index contributed by atoms with van der Waals surface area (Å²) in [6.45, 7) is 14.7. The molecule has 134 valence electrons. The van der Waals surface area contributed by atoms with Crippen LogP contribution in [0.2, 0.25) is 0 Å². The molecule has 2 heterocycles. The Kier molecular flexibility index (Phi) is 6.04. The maximum Gasteiger partial charge on any atom is 0.131 e. The predicted molar refractivity (Wildman–Crippen MR) is 103 cm³/mol. The van der Waals surface area contributed by atoms with E-state index in [2.05, 4.69) is 75.5 Å². The van der Waals surface area contributed by atoms with Crippen LogP contribution in [0, 0.1) is 26.7 Å². The monoisotopic (exact) mass is 349 g/mol. The molecule has 0 aliphatic heterocycles. The normalized spacial score (nSPS) is 12.9. The zero-order valence-corrected chi connectivity index (χ0v) is 17.1. The first-order chi connectivity index (χ1) is 11.2. The molecule has 0 radical (unpaired) electrons. The summed E-state index contributed by atoms with van der Waals surface area (Å²) >= 11 is 1.78. The van der Waals surface area contributed by atoms with Crippen LogP contribution in [0.15, 0.2) is 0 Å². The van der Waals surface area contributed by atoms with Crippen LogP contribution in [0.25, 0.3) is 0 Å². The average Bonchev–Trinajstić information content (AvgIpc) is 2.94. The molecule has 1 N–H and O–H groups in total. The molecule has 0 aliphatic rings. The first-order valence-electron chi connectivity index (χ1n) is 8.61. The molecule has 0 aromatic carbocycles. The summed E-state index contributed by atoms with van der Waals surface area (Å²) in [7, 11) is 4.19. The van der Waals surface area contributed by atoms with E-state index in [1.807, 2.05) is 0 Å². The molecular formula is C18H31N5S. The number of thiazole rings is 1. The molecule has 2 aromatic rings. The lowest BCUT2D eigenvalue weighted by atomic mass is 10.2. The zero-order chi connectivity index (χ0) is 18.0. The molecule has 0 amide bonds. The third-order valence-electron chi connectivity index (χ3n) is 4.10. The van der Waals surface area contributed by atoms with Crippen LogP contribution in [0.1, 0.15) is 53.6 Å². The van der Waals surface area contributed by atoms with E-state index < -0.39 is 0 Å². The zero-order valence-electron chi connectivity index (χ0n) is 16.3. The quantitative estimate of drug-likeness (QED) is 0.825. The standard InChI is InChI=1S/C18H31N5S/c1-11(2)10-23-18(22(7)8)16(12(3)21-23)9-19-13(4)17-14(5)20-15(6)24-17/h11,13,19H,9-10H2,1-8H3/t13-/m1/s1. The van der Waals surface area contributed by atoms with E-state index >= 15 is 0 Å². The van der Waals surface area contributed by atoms with Gasteiger partial charge in [0.2, 0.25) is 0 Å². The molecule has 0 aliphatic carbocycles. The summed E-state index contributed by atoms with van der Waals surface area (Å²) in [5.41, 5.74) is 3.53. The van der Waals surface area contributed by atoms with Gasteiger partial charge in [0.25, 0.3) is 0 Å². The Morgan fingerprint density at radius 2 is 1.79 bits per heavy atom. The summed E-state index contributed by atoms with van der Waals surface area (Å²) in [4.78, 5) is 8.04. The lowest BCUT2D eigenvalue weighted by molar-refractivity contribution is 0.481. The van der Waals surface area contributed by atoms with Gasteiger partial charge in [0.1, 0.15) is 5.82 Å². The van der Waals surface area contributed by atoms with E-state index in [0.29, 0.717) is 12.0 Å². The fourth-order valence-corrected chi connectivity index (χ4v) is 4.04. The molecule has 24 heavy (non-hydrogen) atoms. The molecule has 0 spiro atoms. The van der Waals surface area contributed by atoms with Gasteiger partial charge in [-0.1, -0.05) is 13.8 Å². The van der Waals surface area contributed by atoms with Crippen molar-refractivity contribution in [2.45, 2.75) is 60.7 Å². The fourth-order valence-electron chi connectivity index (χ4n) is 3.08. The average molecular weight is 350 g/mol. The van der Waals surface area contributed by atoms with E-state index in [9.17, 15) is 0 Å². The minimum atomic E-state index is 0.291. The Morgan fingerprint density at radius 3 is 2.29 bits per heavy atom. The minimum Gasteiger partial charge on any atom is -0.363 e. The molecule has 2 rings (SSSR count). The van der Waals surface area contributed by atoms with Crippen molar-refractivity contribution in [3.05, 3.63) is 26.8 Å². The molecule has 0 bridgehead atoms. The summed E-state index contributed by atoms with van der Waals surface area (Å²) in [5, 5.41) is 9.56. The second-order valence-electron chi connectivity index (χ2n) is 7.14. The van der Waals surface area contributed by atoms with Gasteiger partial charge < -0.3 is 10.2 Å². The SMILES string of the molecule is Cc1nc(C)c([C@@H](C)NCc2c(C)nn(CC(C)C)c2N(C)C)s1. The second-order valence-corrected chi connectivity index (χ2v) is 8.38. The molecule has 0 unspecified atom stereocenters. The summed E-state index contributed by atoms with van der Waals surface area (Å²) in [6.07, 6.45) is 0.